The van der Waals surface area contributed by atoms with Gasteiger partial charge in [0.25, 0.3) is 0 Å². The lowest BCUT2D eigenvalue weighted by atomic mass is 10.1. The van der Waals surface area contributed by atoms with Crippen molar-refractivity contribution in [1.29, 1.82) is 0 Å². The molecule has 0 aromatic rings. The number of hydrazone groups is 2. The van der Waals surface area contributed by atoms with Crippen LogP contribution in [-0.4, -0.2) is 11.4 Å². The molecule has 10 heavy (non-hydrogen) atoms. The Balaban J connectivity index is 2.81. The van der Waals surface area contributed by atoms with Gasteiger partial charge in [-0.3, -0.25) is 0 Å². The highest BCUT2D eigenvalue weighted by molar-refractivity contribution is 6.18. The van der Waals surface area contributed by atoms with Crippen molar-refractivity contribution in [2.75, 3.05) is 0 Å². The molecule has 0 amide bonds. The van der Waals surface area contributed by atoms with E-state index in [1.807, 2.05) is 0 Å². The molecule has 0 saturated heterocycles. The first kappa shape index (κ1) is 6.54. The summed E-state index contributed by atoms with van der Waals surface area (Å²) in [5.74, 6) is 10.0. The van der Waals surface area contributed by atoms with Crippen molar-refractivity contribution in [2.24, 2.45) is 21.9 Å². The summed E-state index contributed by atoms with van der Waals surface area (Å²) in [5.41, 5.74) is 1.43. The topological polar surface area (TPSA) is 76.8 Å². The third-order valence-electron chi connectivity index (χ3n) is 1.15. The molecule has 52 valence electrons. The predicted octanol–water partition coefficient (Wildman–Crippen LogP) is -0.258. The third kappa shape index (κ3) is 1.22. The normalized spacial score (nSPS) is 15.6. The van der Waals surface area contributed by atoms with Gasteiger partial charge in [-0.25, -0.2) is 0 Å². The van der Waals surface area contributed by atoms with E-state index in [0.29, 0.717) is 11.4 Å². The maximum absolute atomic E-state index is 5.00. The molecule has 0 saturated carbocycles. The second kappa shape index (κ2) is 2.82. The SMILES string of the molecule is NN=C1C=CC(=NN)C=C1. The van der Waals surface area contributed by atoms with Gasteiger partial charge in [-0.05, 0) is 24.3 Å². The summed E-state index contributed by atoms with van der Waals surface area (Å²) in [6.45, 7) is 0. The summed E-state index contributed by atoms with van der Waals surface area (Å²) in [7, 11) is 0. The summed E-state index contributed by atoms with van der Waals surface area (Å²) in [6.07, 6.45) is 6.97. The molecule has 4 N–H and O–H groups in total. The third-order valence-corrected chi connectivity index (χ3v) is 1.15. The lowest BCUT2D eigenvalue weighted by Crippen LogP contribution is -2.03. The van der Waals surface area contributed by atoms with Gasteiger partial charge < -0.3 is 11.7 Å². The monoisotopic (exact) mass is 136 g/mol. The Bertz CT molecular complexity index is 192. The Labute approximate surface area is 58.6 Å². The minimum absolute atomic E-state index is 0.715. The molecule has 0 radical (unpaired) electrons. The Morgan fingerprint density at radius 2 is 1.10 bits per heavy atom. The van der Waals surface area contributed by atoms with Gasteiger partial charge in [-0.1, -0.05) is 0 Å². The molecule has 4 nitrogen and oxygen atoms in total. The first-order valence-corrected chi connectivity index (χ1v) is 2.78. The second-order valence-corrected chi connectivity index (χ2v) is 1.77. The van der Waals surface area contributed by atoms with Crippen LogP contribution in [0.3, 0.4) is 0 Å². The molecule has 0 aliphatic heterocycles. The van der Waals surface area contributed by atoms with Crippen LogP contribution in [0.25, 0.3) is 0 Å². The summed E-state index contributed by atoms with van der Waals surface area (Å²) in [5, 5.41) is 6.93. The van der Waals surface area contributed by atoms with Crippen LogP contribution < -0.4 is 11.7 Å². The summed E-state index contributed by atoms with van der Waals surface area (Å²) in [4.78, 5) is 0. The Morgan fingerprint density at radius 3 is 1.30 bits per heavy atom. The molecule has 1 aliphatic rings. The number of allylic oxidation sites excluding steroid dienone is 4. The summed E-state index contributed by atoms with van der Waals surface area (Å²) in [6, 6.07) is 0. The zero-order chi connectivity index (χ0) is 7.40. The molecule has 0 atom stereocenters. The number of nitrogens with two attached hydrogens (primary N) is 2. The van der Waals surface area contributed by atoms with Crippen molar-refractivity contribution < 1.29 is 0 Å². The van der Waals surface area contributed by atoms with Crippen LogP contribution in [0, 0.1) is 0 Å². The van der Waals surface area contributed by atoms with Crippen molar-refractivity contribution in [3.63, 3.8) is 0 Å². The maximum atomic E-state index is 5.00. The van der Waals surface area contributed by atoms with E-state index in [-0.39, 0.29) is 0 Å². The zero-order valence-corrected chi connectivity index (χ0v) is 5.36. The van der Waals surface area contributed by atoms with E-state index in [0.717, 1.165) is 0 Å². The highest BCUT2D eigenvalue weighted by atomic mass is 15.1. The number of rotatable bonds is 0. The van der Waals surface area contributed by atoms with Crippen LogP contribution in [0.15, 0.2) is 34.5 Å². The Morgan fingerprint density at radius 1 is 0.800 bits per heavy atom. The highest BCUT2D eigenvalue weighted by Crippen LogP contribution is 1.94. The van der Waals surface area contributed by atoms with Crippen LogP contribution >= 0.6 is 0 Å². The molecule has 0 unspecified atom stereocenters. The number of hydrogen-bond acceptors (Lipinski definition) is 4. The van der Waals surface area contributed by atoms with E-state index in [4.69, 9.17) is 11.7 Å². The molecule has 0 bridgehead atoms. The van der Waals surface area contributed by atoms with Crippen molar-refractivity contribution in [3.05, 3.63) is 24.3 Å². The van der Waals surface area contributed by atoms with Crippen molar-refractivity contribution in [3.8, 4) is 0 Å². The van der Waals surface area contributed by atoms with Crippen LogP contribution in [0.4, 0.5) is 0 Å². The largest absolute Gasteiger partial charge is 0.323 e. The molecular weight excluding hydrogens is 128 g/mol. The minimum atomic E-state index is 0.715. The van der Waals surface area contributed by atoms with Gasteiger partial charge in [0, 0.05) is 0 Å². The molecule has 0 fully saturated rings. The van der Waals surface area contributed by atoms with E-state index < -0.39 is 0 Å². The average molecular weight is 136 g/mol. The number of nitrogens with zero attached hydrogens (tertiary/aromatic N) is 2. The standard InChI is InChI=1S/C6H8N4/c7-9-5-1-2-6(10-8)4-3-5/h1-4H,7-8H2. The minimum Gasteiger partial charge on any atom is -0.323 e. The number of hydrogen-bond donors (Lipinski definition) is 2. The van der Waals surface area contributed by atoms with Gasteiger partial charge in [0.2, 0.25) is 0 Å². The van der Waals surface area contributed by atoms with Crippen molar-refractivity contribution in [1.82, 2.24) is 0 Å². The van der Waals surface area contributed by atoms with E-state index in [1.54, 1.807) is 24.3 Å². The van der Waals surface area contributed by atoms with E-state index in [1.165, 1.54) is 0 Å². The molecule has 0 aromatic carbocycles. The van der Waals surface area contributed by atoms with Gasteiger partial charge in [0.1, 0.15) is 0 Å². The fourth-order valence-corrected chi connectivity index (χ4v) is 0.625. The van der Waals surface area contributed by atoms with Gasteiger partial charge in [-0.15, -0.1) is 0 Å². The van der Waals surface area contributed by atoms with Crippen LogP contribution in [0.5, 0.6) is 0 Å². The molecule has 0 spiro atoms. The van der Waals surface area contributed by atoms with E-state index >= 15 is 0 Å². The lowest BCUT2D eigenvalue weighted by Gasteiger charge is -1.97. The van der Waals surface area contributed by atoms with Crippen molar-refractivity contribution in [2.45, 2.75) is 0 Å². The van der Waals surface area contributed by atoms with Gasteiger partial charge in [0.15, 0.2) is 0 Å². The molecule has 1 rings (SSSR count). The Hall–Kier alpha value is -1.58. The average Bonchev–Trinajstić information content (AvgIpc) is 2.05. The van der Waals surface area contributed by atoms with Gasteiger partial charge in [0.05, 0.1) is 11.4 Å². The fraction of sp³-hybridized carbons (Fsp3) is 0. The van der Waals surface area contributed by atoms with Gasteiger partial charge >= 0.3 is 0 Å². The zero-order valence-electron chi connectivity index (χ0n) is 5.36. The lowest BCUT2D eigenvalue weighted by molar-refractivity contribution is 1.24. The molecule has 0 heterocycles. The van der Waals surface area contributed by atoms with E-state index in [2.05, 4.69) is 10.2 Å². The first-order valence-electron chi connectivity index (χ1n) is 2.78. The summed E-state index contributed by atoms with van der Waals surface area (Å²) < 4.78 is 0. The quantitative estimate of drug-likeness (QED) is 0.273. The van der Waals surface area contributed by atoms with Crippen LogP contribution in [0.2, 0.25) is 0 Å². The second-order valence-electron chi connectivity index (χ2n) is 1.77. The predicted molar refractivity (Wildman–Crippen MR) is 41.5 cm³/mol. The van der Waals surface area contributed by atoms with Crippen LogP contribution in [0.1, 0.15) is 0 Å². The Kier molecular flexibility index (Phi) is 1.84. The van der Waals surface area contributed by atoms with Crippen LogP contribution in [-0.2, 0) is 0 Å². The molecule has 4 heteroatoms. The molecule has 1 aliphatic carbocycles. The molecule has 0 aromatic heterocycles. The fourth-order valence-electron chi connectivity index (χ4n) is 0.625. The first-order chi connectivity index (χ1) is 4.86. The van der Waals surface area contributed by atoms with Gasteiger partial charge in [-0.2, -0.15) is 10.2 Å². The highest BCUT2D eigenvalue weighted by Gasteiger charge is 1.95. The smallest absolute Gasteiger partial charge is 0.0828 e. The summed E-state index contributed by atoms with van der Waals surface area (Å²) >= 11 is 0. The van der Waals surface area contributed by atoms with E-state index in [9.17, 15) is 0 Å². The molecular formula is C6H8N4. The van der Waals surface area contributed by atoms with Crippen molar-refractivity contribution >= 4 is 11.4 Å². The maximum Gasteiger partial charge on any atom is 0.0828 e.